The number of benzene rings is 2. The largest absolute Gasteiger partial charge is 0.609 e. The third-order valence-electron chi connectivity index (χ3n) is 8.36. The fraction of sp³-hybridized carbons (Fsp3) is 0.343. The van der Waals surface area contributed by atoms with Gasteiger partial charge in [0.15, 0.2) is 16.8 Å². The average molecular weight is 721 g/mol. The molecule has 51 heavy (non-hydrogen) atoms. The molecule has 2 aromatic carbocycles. The van der Waals surface area contributed by atoms with Gasteiger partial charge in [0.2, 0.25) is 11.8 Å². The van der Waals surface area contributed by atoms with Gasteiger partial charge in [-0.3, -0.25) is 35.0 Å². The summed E-state index contributed by atoms with van der Waals surface area (Å²) >= 11 is -1.33. The summed E-state index contributed by atoms with van der Waals surface area (Å²) in [6.07, 6.45) is 1.46. The van der Waals surface area contributed by atoms with E-state index in [9.17, 15) is 28.5 Å². The van der Waals surface area contributed by atoms with Gasteiger partial charge in [-0.1, -0.05) is 37.3 Å². The Morgan fingerprint density at radius 2 is 1.61 bits per heavy atom. The van der Waals surface area contributed by atoms with Crippen molar-refractivity contribution in [2.75, 3.05) is 21.3 Å². The van der Waals surface area contributed by atoms with E-state index in [2.05, 4.69) is 25.6 Å². The number of imidazole rings is 1. The minimum absolute atomic E-state index is 0.277. The van der Waals surface area contributed by atoms with Crippen LogP contribution in [0.15, 0.2) is 59.9 Å². The number of nitrogens with one attached hydrogen (secondary N) is 3. The normalized spacial score (nSPS) is 16.6. The van der Waals surface area contributed by atoms with Crippen LogP contribution in [0.1, 0.15) is 49.6 Å². The monoisotopic (exact) mass is 720 g/mol. The number of carbonyl (C=O) groups excluding carboxylic acids is 5. The number of hydrogen-bond donors (Lipinski definition) is 3. The first-order valence-electron chi connectivity index (χ1n) is 15.7. The number of nitrogens with zero attached hydrogens (tertiary/aromatic N) is 3. The Hall–Kier alpha value is -5.48. The molecule has 0 radical (unpaired) electrons. The number of amides is 6. The van der Waals surface area contributed by atoms with Crippen LogP contribution in [0.25, 0.3) is 11.0 Å². The summed E-state index contributed by atoms with van der Waals surface area (Å²) in [5, 5.41) is 4.71. The minimum Gasteiger partial charge on any atom is -0.609 e. The first-order chi connectivity index (χ1) is 24.1. The molecule has 2 aliphatic heterocycles. The van der Waals surface area contributed by atoms with Crippen LogP contribution in [0, 0.1) is 13.8 Å². The van der Waals surface area contributed by atoms with E-state index >= 15 is 0 Å². The molecule has 4 heterocycles. The lowest BCUT2D eigenvalue weighted by Crippen LogP contribution is -2.64. The number of H-pyrrole nitrogens is 1. The summed E-state index contributed by atoms with van der Waals surface area (Å²) in [6.45, 7) is 8.73. The Morgan fingerprint density at radius 1 is 0.961 bits per heavy atom. The maximum absolute atomic E-state index is 12.7. The van der Waals surface area contributed by atoms with Crippen molar-refractivity contribution in [2.45, 2.75) is 63.0 Å². The molecule has 1 unspecified atom stereocenters. The quantitative estimate of drug-likeness (QED) is 0.184. The van der Waals surface area contributed by atoms with Crippen LogP contribution >= 0.6 is 0 Å². The third-order valence-corrected chi connectivity index (χ3v) is 9.52. The predicted molar refractivity (Wildman–Crippen MR) is 186 cm³/mol. The second-order valence-corrected chi connectivity index (χ2v) is 13.4. The van der Waals surface area contributed by atoms with Crippen molar-refractivity contribution >= 4 is 52.1 Å². The van der Waals surface area contributed by atoms with Gasteiger partial charge in [-0.15, -0.1) is 0 Å². The van der Waals surface area contributed by atoms with Crippen molar-refractivity contribution < 1.29 is 42.7 Å². The standard InChI is InChI=1S/C17H19N3O3S.C12H12N2O3.C6H9NO3/c1-10-8-18-15(11(2)16(10)23-4)9-24(21)17-19-13-6-5-12(22-3)7-14(13)20-17;1-2-12(8-6-4-3-5-7-8)9(15)13-11(17)14-10(12)16;1-6(2)4(8)7(3)5(9)10-6/h5-8H,9H2,1-4H3,(H,19,20);3-7H,2H2,1H3,(H2,13,14,15,16,17);1-3H3. The van der Waals surface area contributed by atoms with E-state index in [1.165, 1.54) is 7.05 Å². The van der Waals surface area contributed by atoms with E-state index in [1.54, 1.807) is 71.5 Å². The predicted octanol–water partition coefficient (Wildman–Crippen LogP) is 3.97. The van der Waals surface area contributed by atoms with Crippen molar-refractivity contribution in [1.29, 1.82) is 0 Å². The van der Waals surface area contributed by atoms with E-state index in [-0.39, 0.29) is 11.7 Å². The Labute approximate surface area is 297 Å². The highest BCUT2D eigenvalue weighted by Crippen LogP contribution is 2.31. The number of aromatic nitrogens is 3. The molecule has 2 aliphatic rings. The molecular formula is C35H40N6O9S. The lowest BCUT2D eigenvalue weighted by Gasteiger charge is -2.33. The van der Waals surface area contributed by atoms with Crippen LogP contribution < -0.4 is 20.1 Å². The van der Waals surface area contributed by atoms with Crippen LogP contribution in [-0.2, 0) is 41.5 Å². The maximum Gasteiger partial charge on any atom is 0.417 e. The lowest BCUT2D eigenvalue weighted by atomic mass is 9.75. The molecular weight excluding hydrogens is 680 g/mol. The number of cyclic esters (lactones) is 1. The van der Waals surface area contributed by atoms with Crippen molar-refractivity contribution in [3.8, 4) is 11.5 Å². The molecule has 6 rings (SSSR count). The fourth-order valence-corrected chi connectivity index (χ4v) is 6.59. The Kier molecular flexibility index (Phi) is 11.7. The second kappa shape index (κ2) is 15.6. The minimum atomic E-state index is -1.33. The number of methoxy groups -OCH3 is 2. The summed E-state index contributed by atoms with van der Waals surface area (Å²) in [5.74, 6) is 0.343. The van der Waals surface area contributed by atoms with Crippen molar-refractivity contribution in [1.82, 2.24) is 30.5 Å². The zero-order valence-corrected chi connectivity index (χ0v) is 30.4. The highest BCUT2D eigenvalue weighted by atomic mass is 32.2. The molecule has 2 fully saturated rings. The summed E-state index contributed by atoms with van der Waals surface area (Å²) in [7, 11) is 4.63. The molecule has 0 bridgehead atoms. The number of pyridine rings is 1. The van der Waals surface area contributed by atoms with E-state index in [1.807, 2.05) is 32.0 Å². The number of ether oxygens (including phenoxy) is 3. The van der Waals surface area contributed by atoms with Crippen molar-refractivity contribution in [2.24, 2.45) is 0 Å². The number of aryl methyl sites for hydroxylation is 1. The number of barbiturate groups is 1. The number of fused-ring (bicyclic) bond motifs is 1. The molecule has 4 aromatic rings. The van der Waals surface area contributed by atoms with Crippen molar-refractivity contribution in [3.63, 3.8) is 0 Å². The summed E-state index contributed by atoms with van der Waals surface area (Å²) < 4.78 is 28.0. The SMILES string of the molecule is CCC1(c2ccccc2)C(=O)NC(=O)NC1=O.CN1C(=O)OC(C)(C)C1=O.COc1ccc2[nH]c([S+]([O-])Cc3ncc(C)c(OC)c3C)nc2c1. The molecule has 1 atom stereocenters. The van der Waals surface area contributed by atoms with Gasteiger partial charge in [0.1, 0.15) is 11.5 Å². The third kappa shape index (κ3) is 7.97. The zero-order chi connectivity index (χ0) is 37.7. The average Bonchev–Trinajstić information content (AvgIpc) is 3.60. The smallest absolute Gasteiger partial charge is 0.417 e. The van der Waals surface area contributed by atoms with E-state index in [0.717, 1.165) is 38.5 Å². The summed E-state index contributed by atoms with van der Waals surface area (Å²) in [6, 6.07) is 13.5. The van der Waals surface area contributed by atoms with Gasteiger partial charge >= 0.3 is 17.3 Å². The number of imide groups is 3. The van der Waals surface area contributed by atoms with Gasteiger partial charge < -0.3 is 18.8 Å². The summed E-state index contributed by atoms with van der Waals surface area (Å²) in [4.78, 5) is 69.6. The molecule has 270 valence electrons. The van der Waals surface area contributed by atoms with Crippen LogP contribution in [0.5, 0.6) is 11.5 Å². The van der Waals surface area contributed by atoms with Crippen molar-refractivity contribution in [3.05, 3.63) is 77.1 Å². The number of aromatic amines is 1. The Bertz CT molecular complexity index is 1940. The van der Waals surface area contributed by atoms with Crippen LogP contribution in [0.4, 0.5) is 9.59 Å². The number of rotatable bonds is 7. The number of carbonyl (C=O) groups is 5. The highest BCUT2D eigenvalue weighted by Gasteiger charge is 2.50. The molecule has 6 amide bonds. The zero-order valence-electron chi connectivity index (χ0n) is 29.5. The Morgan fingerprint density at radius 3 is 2.12 bits per heavy atom. The number of urea groups is 1. The van der Waals surface area contributed by atoms with Crippen LogP contribution in [-0.4, -0.2) is 81.1 Å². The molecule has 0 saturated carbocycles. The Balaban J connectivity index is 0.000000188. The molecule has 0 aliphatic carbocycles. The van der Waals surface area contributed by atoms with E-state index in [4.69, 9.17) is 14.2 Å². The fourth-order valence-electron chi connectivity index (χ4n) is 5.49. The molecule has 0 spiro atoms. The van der Waals surface area contributed by atoms with Crippen LogP contribution in [0.3, 0.4) is 0 Å². The van der Waals surface area contributed by atoms with Gasteiger partial charge in [0, 0.05) is 41.6 Å². The number of hydrogen-bond acceptors (Lipinski definition) is 11. The maximum atomic E-state index is 12.7. The summed E-state index contributed by atoms with van der Waals surface area (Å²) in [5.41, 5.74) is 2.47. The first-order valence-corrected chi connectivity index (χ1v) is 17.1. The van der Waals surface area contributed by atoms with E-state index in [0.29, 0.717) is 22.9 Å². The molecule has 2 saturated heterocycles. The molecule has 16 heteroatoms. The first kappa shape index (κ1) is 38.3. The van der Waals surface area contributed by atoms with Gasteiger partial charge in [-0.05, 0) is 51.8 Å². The molecule has 3 N–H and O–H groups in total. The van der Waals surface area contributed by atoms with Gasteiger partial charge in [0.25, 0.3) is 5.91 Å². The van der Waals surface area contributed by atoms with Gasteiger partial charge in [0.05, 0.1) is 30.9 Å². The second-order valence-electron chi connectivity index (χ2n) is 12.1. The van der Waals surface area contributed by atoms with E-state index < -0.39 is 46.1 Å². The molecule has 2 aromatic heterocycles. The van der Waals surface area contributed by atoms with Gasteiger partial charge in [-0.25, -0.2) is 14.5 Å². The van der Waals surface area contributed by atoms with Gasteiger partial charge in [-0.2, -0.15) is 4.98 Å². The van der Waals surface area contributed by atoms with Crippen LogP contribution in [0.2, 0.25) is 0 Å². The topological polar surface area (TPSA) is 205 Å². The highest BCUT2D eigenvalue weighted by molar-refractivity contribution is 7.90. The molecule has 15 nitrogen and oxygen atoms in total. The lowest BCUT2D eigenvalue weighted by molar-refractivity contribution is -0.138. The number of likely N-dealkylation sites (N-methyl/N-ethyl adjacent to an activating group) is 1.